The maximum Gasteiger partial charge on any atom is 0.101 e. The van der Waals surface area contributed by atoms with Crippen molar-refractivity contribution in [1.82, 2.24) is 4.98 Å². The van der Waals surface area contributed by atoms with E-state index in [-0.39, 0.29) is 0 Å². The maximum absolute atomic E-state index is 9.33. The van der Waals surface area contributed by atoms with E-state index < -0.39 is 0 Å². The second-order valence-electron chi connectivity index (χ2n) is 3.67. The molecule has 0 unspecified atom stereocenters. The second-order valence-corrected chi connectivity index (χ2v) is 6.14. The Bertz CT molecular complexity index is 678. The fourth-order valence-corrected chi connectivity index (χ4v) is 2.91. The van der Waals surface area contributed by atoms with E-state index in [2.05, 4.69) is 49.6 Å². The molecule has 0 bridgehead atoms. The van der Waals surface area contributed by atoms with Crippen LogP contribution in [0.1, 0.15) is 11.1 Å². The van der Waals surface area contributed by atoms with E-state index in [9.17, 15) is 5.26 Å². The molecule has 2 nitrogen and oxygen atoms in total. The monoisotopic (exact) mass is 444 g/mol. The lowest BCUT2D eigenvalue weighted by atomic mass is 10.1. The van der Waals surface area contributed by atoms with E-state index in [4.69, 9.17) is 11.6 Å². The Balaban J connectivity index is 2.62. The molecule has 94 valence electrons. The first-order chi connectivity index (χ1) is 9.13. The van der Waals surface area contributed by atoms with Gasteiger partial charge in [0.25, 0.3) is 0 Å². The summed E-state index contributed by atoms with van der Waals surface area (Å²) in [6.45, 7) is 0. The lowest BCUT2D eigenvalue weighted by Crippen LogP contribution is -1.89. The molecule has 0 aliphatic heterocycles. The van der Waals surface area contributed by atoms with E-state index >= 15 is 0 Å². The molecule has 0 aliphatic carbocycles. The van der Waals surface area contributed by atoms with Crippen molar-refractivity contribution < 1.29 is 0 Å². The zero-order valence-corrected chi connectivity index (χ0v) is 14.1. The van der Waals surface area contributed by atoms with Crippen LogP contribution in [0.15, 0.2) is 47.2 Å². The van der Waals surface area contributed by atoms with Crippen LogP contribution in [-0.4, -0.2) is 4.98 Å². The number of allylic oxidation sites excluding steroid dienone is 1. The van der Waals surface area contributed by atoms with E-state index in [0.29, 0.717) is 16.2 Å². The van der Waals surface area contributed by atoms with Crippen molar-refractivity contribution in [3.8, 4) is 6.07 Å². The van der Waals surface area contributed by atoms with Gasteiger partial charge in [0.1, 0.15) is 6.07 Å². The average Bonchev–Trinajstić information content (AvgIpc) is 2.43. The minimum atomic E-state index is 0.414. The van der Waals surface area contributed by atoms with Crippen LogP contribution in [0.5, 0.6) is 0 Å². The molecule has 0 N–H and O–H groups in total. The van der Waals surface area contributed by atoms with E-state index in [0.717, 1.165) is 13.6 Å². The highest BCUT2D eigenvalue weighted by Crippen LogP contribution is 2.34. The van der Waals surface area contributed by atoms with Crippen LogP contribution < -0.4 is 0 Å². The standard InChI is InChI=1S/C14H7BrClIN2/c15-13-4-3-10(17)6-11(13)14(16)12(7-18)9-2-1-5-19-8-9/h1-6,8H/b14-12-. The minimum Gasteiger partial charge on any atom is -0.264 e. The Hall–Kier alpha value is -0.900. The predicted molar refractivity (Wildman–Crippen MR) is 89.4 cm³/mol. The Morgan fingerprint density at radius 3 is 2.79 bits per heavy atom. The Labute approximate surface area is 138 Å². The van der Waals surface area contributed by atoms with Gasteiger partial charge < -0.3 is 0 Å². The third-order valence-electron chi connectivity index (χ3n) is 2.45. The highest BCUT2D eigenvalue weighted by atomic mass is 127. The molecule has 0 atom stereocenters. The van der Waals surface area contributed by atoms with Crippen molar-refractivity contribution in [3.63, 3.8) is 0 Å². The van der Waals surface area contributed by atoms with Crippen molar-refractivity contribution in [1.29, 1.82) is 5.26 Å². The van der Waals surface area contributed by atoms with Crippen LogP contribution in [-0.2, 0) is 0 Å². The van der Waals surface area contributed by atoms with Crippen LogP contribution in [0.2, 0.25) is 0 Å². The molecule has 0 amide bonds. The first-order valence-electron chi connectivity index (χ1n) is 5.29. The van der Waals surface area contributed by atoms with Crippen molar-refractivity contribution in [2.24, 2.45) is 0 Å². The van der Waals surface area contributed by atoms with Gasteiger partial charge in [0.05, 0.1) is 10.6 Å². The first-order valence-corrected chi connectivity index (χ1v) is 7.54. The summed E-state index contributed by atoms with van der Waals surface area (Å²) in [5, 5.41) is 9.75. The molecular formula is C14H7BrClIN2. The van der Waals surface area contributed by atoms with Crippen LogP contribution in [0.3, 0.4) is 0 Å². The SMILES string of the molecule is N#C/C(=C(/Cl)c1cc(I)ccc1Br)c1cccnc1. The average molecular weight is 445 g/mol. The number of aromatic nitrogens is 1. The lowest BCUT2D eigenvalue weighted by molar-refractivity contribution is 1.31. The largest absolute Gasteiger partial charge is 0.264 e. The summed E-state index contributed by atoms with van der Waals surface area (Å²) in [5.41, 5.74) is 1.92. The number of pyridine rings is 1. The smallest absolute Gasteiger partial charge is 0.101 e. The van der Waals surface area contributed by atoms with Crippen LogP contribution in [0.25, 0.3) is 10.6 Å². The number of benzene rings is 1. The van der Waals surface area contributed by atoms with Crippen LogP contribution in [0.4, 0.5) is 0 Å². The number of hydrogen-bond donors (Lipinski definition) is 0. The fraction of sp³-hybridized carbons (Fsp3) is 0. The van der Waals surface area contributed by atoms with Crippen LogP contribution >= 0.6 is 50.1 Å². The Kier molecular flexibility index (Phi) is 4.97. The van der Waals surface area contributed by atoms with Crippen molar-refractivity contribution >= 4 is 60.7 Å². The Morgan fingerprint density at radius 2 is 2.16 bits per heavy atom. The molecule has 0 spiro atoms. The quantitative estimate of drug-likeness (QED) is 0.478. The third kappa shape index (κ3) is 3.35. The van der Waals surface area contributed by atoms with Gasteiger partial charge in [-0.2, -0.15) is 5.26 Å². The molecule has 1 heterocycles. The zero-order chi connectivity index (χ0) is 13.8. The molecule has 5 heteroatoms. The second kappa shape index (κ2) is 6.51. The highest BCUT2D eigenvalue weighted by Gasteiger charge is 2.12. The summed E-state index contributed by atoms with van der Waals surface area (Å²) >= 11 is 12.0. The van der Waals surface area contributed by atoms with Gasteiger partial charge in [0.15, 0.2) is 0 Å². The third-order valence-corrected chi connectivity index (χ3v) is 4.20. The molecule has 2 rings (SSSR count). The number of nitriles is 1. The van der Waals surface area contributed by atoms with Gasteiger partial charge in [-0.15, -0.1) is 0 Å². The molecule has 0 aliphatic rings. The summed E-state index contributed by atoms with van der Waals surface area (Å²) in [6, 6.07) is 11.6. The van der Waals surface area contributed by atoms with Gasteiger partial charge in [-0.3, -0.25) is 4.98 Å². The topological polar surface area (TPSA) is 36.7 Å². The van der Waals surface area contributed by atoms with Gasteiger partial charge in [-0.1, -0.05) is 33.6 Å². The molecule has 0 fully saturated rings. The normalized spacial score (nSPS) is 11.7. The Morgan fingerprint density at radius 1 is 1.37 bits per heavy atom. The number of hydrogen-bond acceptors (Lipinski definition) is 2. The lowest BCUT2D eigenvalue weighted by Gasteiger charge is -2.07. The van der Waals surface area contributed by atoms with Gasteiger partial charge in [0.2, 0.25) is 0 Å². The highest BCUT2D eigenvalue weighted by molar-refractivity contribution is 14.1. The molecule has 0 saturated heterocycles. The van der Waals surface area contributed by atoms with Crippen molar-refractivity contribution in [3.05, 3.63) is 61.9 Å². The summed E-state index contributed by atoms with van der Waals surface area (Å²) in [4.78, 5) is 4.01. The molecule has 2 aromatic rings. The molecule has 0 radical (unpaired) electrons. The fourth-order valence-electron chi connectivity index (χ4n) is 1.55. The van der Waals surface area contributed by atoms with E-state index in [1.54, 1.807) is 18.5 Å². The maximum atomic E-state index is 9.33. The summed E-state index contributed by atoms with van der Waals surface area (Å²) in [6.07, 6.45) is 3.29. The molecule has 19 heavy (non-hydrogen) atoms. The molecule has 0 saturated carbocycles. The van der Waals surface area contributed by atoms with E-state index in [1.807, 2.05) is 24.3 Å². The van der Waals surface area contributed by atoms with Gasteiger partial charge >= 0.3 is 0 Å². The predicted octanol–water partition coefficient (Wildman–Crippen LogP) is 5.08. The van der Waals surface area contributed by atoms with Crippen molar-refractivity contribution in [2.45, 2.75) is 0 Å². The summed E-state index contributed by atoms with van der Waals surface area (Å²) in [5.74, 6) is 0. The van der Waals surface area contributed by atoms with E-state index in [1.165, 1.54) is 0 Å². The number of nitrogens with zero attached hydrogens (tertiary/aromatic N) is 2. The first kappa shape index (κ1) is 14.5. The molecule has 1 aromatic carbocycles. The number of rotatable bonds is 2. The van der Waals surface area contributed by atoms with Gasteiger partial charge in [-0.25, -0.2) is 0 Å². The minimum absolute atomic E-state index is 0.414. The van der Waals surface area contributed by atoms with Gasteiger partial charge in [-0.05, 0) is 46.9 Å². The van der Waals surface area contributed by atoms with Crippen molar-refractivity contribution in [2.75, 3.05) is 0 Å². The molecular weight excluding hydrogens is 438 g/mol. The zero-order valence-electron chi connectivity index (χ0n) is 9.57. The molecule has 1 aromatic heterocycles. The summed E-state index contributed by atoms with van der Waals surface area (Å²) < 4.78 is 1.91. The van der Waals surface area contributed by atoms with Crippen LogP contribution in [0, 0.1) is 14.9 Å². The number of halogens is 3. The summed E-state index contributed by atoms with van der Waals surface area (Å²) in [7, 11) is 0. The van der Waals surface area contributed by atoms with Gasteiger partial charge in [0, 0.05) is 31.6 Å².